The zero-order valence-electron chi connectivity index (χ0n) is 32.1. The van der Waals surface area contributed by atoms with Gasteiger partial charge in [0.1, 0.15) is 8.80 Å². The van der Waals surface area contributed by atoms with Crippen molar-refractivity contribution in [1.29, 1.82) is 0 Å². The summed E-state index contributed by atoms with van der Waals surface area (Å²) in [6.07, 6.45) is 0. The normalized spacial score (nSPS) is 13.1. The van der Waals surface area contributed by atoms with E-state index in [2.05, 4.69) is 213 Å². The molecule has 10 aromatic rings. The molecular formula is C55H38N2Si. The molecule has 0 spiro atoms. The first kappa shape index (κ1) is 34.1. The van der Waals surface area contributed by atoms with Crippen LogP contribution in [0.15, 0.2) is 206 Å². The smallest absolute Gasteiger partial charge is 0.160 e. The Morgan fingerprint density at radius 3 is 1.21 bits per heavy atom. The van der Waals surface area contributed by atoms with E-state index in [0.717, 1.165) is 33.9 Å². The molecule has 0 amide bonds. The van der Waals surface area contributed by atoms with Gasteiger partial charge in [-0.2, -0.15) is 0 Å². The Morgan fingerprint density at radius 2 is 0.655 bits per heavy atom. The topological polar surface area (TPSA) is 25.8 Å². The summed E-state index contributed by atoms with van der Waals surface area (Å²) in [5.41, 5.74) is 15.0. The molecule has 272 valence electrons. The average molecular weight is 755 g/mol. The number of nitrogens with zero attached hydrogens (tertiary/aromatic N) is 2. The predicted molar refractivity (Wildman–Crippen MR) is 247 cm³/mol. The van der Waals surface area contributed by atoms with Crippen molar-refractivity contribution < 1.29 is 0 Å². The molecule has 2 nitrogen and oxygen atoms in total. The summed E-state index contributed by atoms with van der Waals surface area (Å²) in [4.78, 5) is 11.2. The van der Waals surface area contributed by atoms with Crippen LogP contribution in [0.25, 0.3) is 100.0 Å². The number of benzene rings is 9. The van der Waals surface area contributed by atoms with E-state index < -0.39 is 8.80 Å². The first-order chi connectivity index (χ1) is 28.7. The van der Waals surface area contributed by atoms with Crippen molar-refractivity contribution in [3.05, 3.63) is 206 Å². The second-order valence-corrected chi connectivity index (χ2v) is 17.9. The third-order valence-electron chi connectivity index (χ3n) is 11.9. The van der Waals surface area contributed by atoms with Crippen molar-refractivity contribution in [2.75, 3.05) is 0 Å². The van der Waals surface area contributed by atoms with E-state index in [0.29, 0.717) is 0 Å². The number of aromatic nitrogens is 2. The van der Waals surface area contributed by atoms with Crippen molar-refractivity contribution in [1.82, 2.24) is 9.97 Å². The standard InChI is InChI=1S/C55H38N2Si/c1-58-53-49-31-11-9-29-47(49)46-28-8-10-30-48(46)50(53)52-54(58)51(44-26-14-24-42(34-44)40-22-12-20-38(32-40)36-16-4-2-5-17-36)56-55(57-52)45-27-15-25-43(35-45)41-23-13-21-39(33-41)37-18-6-3-7-19-37/h2-35,58H,1H3. The van der Waals surface area contributed by atoms with Gasteiger partial charge in [0.25, 0.3) is 0 Å². The van der Waals surface area contributed by atoms with E-state index in [9.17, 15) is 0 Å². The van der Waals surface area contributed by atoms with Crippen LogP contribution in [-0.4, -0.2) is 18.8 Å². The van der Waals surface area contributed by atoms with Crippen molar-refractivity contribution in [3.8, 4) is 78.4 Å². The van der Waals surface area contributed by atoms with Gasteiger partial charge in [-0.25, -0.2) is 9.97 Å². The van der Waals surface area contributed by atoms with E-state index in [4.69, 9.17) is 9.97 Å². The van der Waals surface area contributed by atoms with E-state index in [1.165, 1.54) is 76.4 Å². The van der Waals surface area contributed by atoms with Gasteiger partial charge in [-0.15, -0.1) is 0 Å². The van der Waals surface area contributed by atoms with Crippen LogP contribution in [0.3, 0.4) is 0 Å². The summed E-state index contributed by atoms with van der Waals surface area (Å²) in [5.74, 6) is 0.748. The molecule has 0 fully saturated rings. The zero-order valence-corrected chi connectivity index (χ0v) is 33.3. The number of fused-ring (bicyclic) bond motifs is 8. The van der Waals surface area contributed by atoms with Gasteiger partial charge in [0.2, 0.25) is 0 Å². The van der Waals surface area contributed by atoms with Crippen molar-refractivity contribution in [2.45, 2.75) is 6.55 Å². The summed E-state index contributed by atoms with van der Waals surface area (Å²) < 4.78 is 0. The van der Waals surface area contributed by atoms with Crippen LogP contribution in [-0.2, 0) is 0 Å². The largest absolute Gasteiger partial charge is 0.228 e. The van der Waals surface area contributed by atoms with E-state index >= 15 is 0 Å². The summed E-state index contributed by atoms with van der Waals surface area (Å²) >= 11 is 0. The third-order valence-corrected chi connectivity index (χ3v) is 14.8. The van der Waals surface area contributed by atoms with E-state index in [1.54, 1.807) is 0 Å². The first-order valence-electron chi connectivity index (χ1n) is 20.1. The molecule has 1 unspecified atom stereocenters. The number of hydrogen-bond acceptors (Lipinski definition) is 2. The Morgan fingerprint density at radius 1 is 0.293 bits per heavy atom. The molecule has 1 aliphatic rings. The fourth-order valence-electron chi connectivity index (χ4n) is 9.14. The summed E-state index contributed by atoms with van der Waals surface area (Å²) in [6, 6.07) is 74.5. The predicted octanol–water partition coefficient (Wildman–Crippen LogP) is 12.7. The second-order valence-electron chi connectivity index (χ2n) is 15.3. The van der Waals surface area contributed by atoms with Gasteiger partial charge >= 0.3 is 0 Å². The lowest BCUT2D eigenvalue weighted by Gasteiger charge is -2.15. The summed E-state index contributed by atoms with van der Waals surface area (Å²) in [5, 5.41) is 7.98. The Labute approximate surface area is 340 Å². The average Bonchev–Trinajstić information content (AvgIpc) is 3.61. The highest BCUT2D eigenvalue weighted by Gasteiger charge is 2.35. The molecular weight excluding hydrogens is 717 g/mol. The molecule has 9 aromatic carbocycles. The fourth-order valence-corrected chi connectivity index (χ4v) is 12.1. The van der Waals surface area contributed by atoms with Crippen LogP contribution in [0.5, 0.6) is 0 Å². The summed E-state index contributed by atoms with van der Waals surface area (Å²) in [6.45, 7) is 2.48. The molecule has 3 heteroatoms. The lowest BCUT2D eigenvalue weighted by molar-refractivity contribution is 1.20. The van der Waals surface area contributed by atoms with Crippen molar-refractivity contribution in [3.63, 3.8) is 0 Å². The van der Waals surface area contributed by atoms with Gasteiger partial charge in [0.15, 0.2) is 5.82 Å². The molecule has 0 radical (unpaired) electrons. The van der Waals surface area contributed by atoms with Gasteiger partial charge in [0, 0.05) is 16.7 Å². The highest BCUT2D eigenvalue weighted by molar-refractivity contribution is 6.91. The Balaban J connectivity index is 1.12. The van der Waals surface area contributed by atoms with Gasteiger partial charge in [-0.3, -0.25) is 0 Å². The minimum absolute atomic E-state index is 0.748. The minimum Gasteiger partial charge on any atom is -0.228 e. The van der Waals surface area contributed by atoms with Crippen LogP contribution in [0.2, 0.25) is 6.55 Å². The maximum Gasteiger partial charge on any atom is 0.160 e. The Kier molecular flexibility index (Phi) is 8.27. The van der Waals surface area contributed by atoms with Gasteiger partial charge in [0.05, 0.1) is 11.4 Å². The maximum atomic E-state index is 5.61. The summed E-state index contributed by atoms with van der Waals surface area (Å²) in [7, 11) is -1.78. The molecule has 0 N–H and O–H groups in total. The third kappa shape index (κ3) is 5.79. The fraction of sp³-hybridized carbons (Fsp3) is 0.0182. The molecule has 0 bridgehead atoms. The van der Waals surface area contributed by atoms with Crippen LogP contribution in [0.4, 0.5) is 0 Å². The molecule has 11 rings (SSSR count). The van der Waals surface area contributed by atoms with Gasteiger partial charge < -0.3 is 0 Å². The SMILES string of the molecule is C[SiH]1c2c(-c3cccc(-c4cccc(-c5ccccc5)c4)c3)nc(-c3cccc(-c4cccc(-c5ccccc5)c4)c3)nc2-c2c1c1ccccc1c1ccccc21. The number of rotatable bonds is 6. The van der Waals surface area contributed by atoms with E-state index in [1.807, 2.05) is 0 Å². The molecule has 1 atom stereocenters. The van der Waals surface area contributed by atoms with Crippen LogP contribution in [0, 0.1) is 0 Å². The lowest BCUT2D eigenvalue weighted by Crippen LogP contribution is -2.37. The first-order valence-corrected chi connectivity index (χ1v) is 22.4. The van der Waals surface area contributed by atoms with Crippen molar-refractivity contribution >= 4 is 40.7 Å². The monoisotopic (exact) mass is 754 g/mol. The minimum atomic E-state index is -1.78. The Bertz CT molecular complexity index is 3190. The Hall–Kier alpha value is -7.20. The van der Waals surface area contributed by atoms with Crippen LogP contribution >= 0.6 is 0 Å². The highest BCUT2D eigenvalue weighted by atomic mass is 28.3. The molecule has 0 saturated heterocycles. The van der Waals surface area contributed by atoms with Crippen LogP contribution in [0.1, 0.15) is 0 Å². The lowest BCUT2D eigenvalue weighted by atomic mass is 9.94. The zero-order chi connectivity index (χ0) is 38.6. The van der Waals surface area contributed by atoms with Crippen LogP contribution < -0.4 is 10.4 Å². The molecule has 1 aromatic heterocycles. The molecule has 2 heterocycles. The van der Waals surface area contributed by atoms with Gasteiger partial charge in [-0.1, -0.05) is 189 Å². The van der Waals surface area contributed by atoms with E-state index in [-0.39, 0.29) is 0 Å². The number of hydrogen-bond donors (Lipinski definition) is 0. The molecule has 0 saturated carbocycles. The molecule has 58 heavy (non-hydrogen) atoms. The van der Waals surface area contributed by atoms with Crippen molar-refractivity contribution in [2.24, 2.45) is 0 Å². The highest BCUT2D eigenvalue weighted by Crippen LogP contribution is 2.39. The van der Waals surface area contributed by atoms with Gasteiger partial charge in [-0.05, 0) is 101 Å². The maximum absolute atomic E-state index is 5.61. The quantitative estimate of drug-likeness (QED) is 0.125. The second kappa shape index (κ2) is 14.1. The molecule has 1 aliphatic heterocycles. The molecule has 0 aliphatic carbocycles.